The van der Waals surface area contributed by atoms with E-state index in [9.17, 15) is 48.4 Å². The number of aryl methyl sites for hydroxylation is 1. The van der Waals surface area contributed by atoms with Gasteiger partial charge in [0.1, 0.15) is 11.6 Å². The summed E-state index contributed by atoms with van der Waals surface area (Å²) in [5.41, 5.74) is 2.02. The van der Waals surface area contributed by atoms with Crippen LogP contribution in [-0.2, 0) is 65.9 Å². The van der Waals surface area contributed by atoms with Gasteiger partial charge in [0.25, 0.3) is 0 Å². The molecular formula is C42H33F5O7S2. The number of alkyl halides is 3. The lowest BCUT2D eigenvalue weighted by atomic mass is 9.93. The van der Waals surface area contributed by atoms with Crippen molar-refractivity contribution in [2.45, 2.75) is 48.6 Å². The molecule has 0 aromatic heterocycles. The molecule has 6 aromatic carbocycles. The molecule has 56 heavy (non-hydrogen) atoms. The molecule has 0 aliphatic carbocycles. The molecule has 0 spiro atoms. The van der Waals surface area contributed by atoms with Crippen LogP contribution in [0.15, 0.2) is 107 Å². The number of carbonyl (C=O) groups excluding carboxylic acids is 2. The summed E-state index contributed by atoms with van der Waals surface area (Å²) < 4.78 is 124. The second kappa shape index (κ2) is 15.2. The van der Waals surface area contributed by atoms with E-state index in [0.29, 0.717) is 55.6 Å². The van der Waals surface area contributed by atoms with Crippen LogP contribution in [0.2, 0.25) is 0 Å². The van der Waals surface area contributed by atoms with Crippen molar-refractivity contribution in [2.75, 3.05) is 12.5 Å². The monoisotopic (exact) mass is 808 g/mol. The smallest absolute Gasteiger partial charge is 0.393 e. The van der Waals surface area contributed by atoms with Gasteiger partial charge in [-0.15, -0.1) is 0 Å². The van der Waals surface area contributed by atoms with Gasteiger partial charge in [-0.2, -0.15) is 13.2 Å². The molecule has 0 amide bonds. The number of benzene rings is 6. The summed E-state index contributed by atoms with van der Waals surface area (Å²) in [6, 6.07) is 22.0. The van der Waals surface area contributed by atoms with Crippen molar-refractivity contribution in [3.8, 4) is 0 Å². The molecule has 14 heteroatoms. The van der Waals surface area contributed by atoms with Gasteiger partial charge in [-0.3, -0.25) is 9.59 Å². The normalized spacial score (nSPS) is 12.3. The van der Waals surface area contributed by atoms with Gasteiger partial charge in [0.05, 0.1) is 28.2 Å². The van der Waals surface area contributed by atoms with Gasteiger partial charge in [-0.1, -0.05) is 48.5 Å². The number of rotatable bonds is 10. The molecule has 6 aromatic rings. The Bertz CT molecular complexity index is 2800. The summed E-state index contributed by atoms with van der Waals surface area (Å²) in [6.45, 7) is 1.76. The zero-order chi connectivity index (χ0) is 40.7. The molecule has 0 unspecified atom stereocenters. The highest BCUT2D eigenvalue weighted by atomic mass is 32.2. The van der Waals surface area contributed by atoms with E-state index in [-0.39, 0.29) is 29.7 Å². The minimum atomic E-state index is -4.97. The van der Waals surface area contributed by atoms with E-state index in [1.54, 1.807) is 43.3 Å². The molecule has 0 aliphatic heterocycles. The first-order valence-electron chi connectivity index (χ1n) is 17.0. The predicted octanol–water partition coefficient (Wildman–Crippen LogP) is 8.44. The maximum atomic E-state index is 14.3. The molecule has 0 N–H and O–H groups in total. The van der Waals surface area contributed by atoms with Crippen molar-refractivity contribution in [2.24, 2.45) is 0 Å². The van der Waals surface area contributed by atoms with Crippen LogP contribution in [-0.4, -0.2) is 41.3 Å². The number of sulfone groups is 2. The van der Waals surface area contributed by atoms with Crippen molar-refractivity contribution in [3.63, 3.8) is 0 Å². The molecule has 0 atom stereocenters. The van der Waals surface area contributed by atoms with Crippen LogP contribution in [0, 0.1) is 18.6 Å². The van der Waals surface area contributed by atoms with Crippen LogP contribution in [0.1, 0.15) is 44.5 Å². The van der Waals surface area contributed by atoms with Gasteiger partial charge < -0.3 is 4.74 Å². The molecule has 0 saturated carbocycles. The fourth-order valence-electron chi connectivity index (χ4n) is 6.73. The highest BCUT2D eigenvalue weighted by Gasteiger charge is 2.36. The van der Waals surface area contributed by atoms with Gasteiger partial charge in [0.15, 0.2) is 19.7 Å². The Kier molecular flexibility index (Phi) is 10.9. The number of carbonyl (C=O) groups is 2. The highest BCUT2D eigenvalue weighted by Crippen LogP contribution is 2.36. The van der Waals surface area contributed by atoms with Gasteiger partial charge in [-0.25, -0.2) is 25.6 Å². The SMILES string of the molecule is Cc1cc(S(C)(=O)=O)ccc1Cc1cc(CC(=O)OC(=O)Cc2cc(Cc3ccc(S(C)(=O)=O)c(C(F)(F)F)c3)c3cc(F)ccc3c2)cc2ccc(F)cc12. The number of hydrogen-bond donors (Lipinski definition) is 0. The van der Waals surface area contributed by atoms with E-state index in [4.69, 9.17) is 4.74 Å². The molecule has 0 bridgehead atoms. The molecule has 0 fully saturated rings. The third-order valence-corrected chi connectivity index (χ3v) is 11.6. The van der Waals surface area contributed by atoms with Gasteiger partial charge in [-0.05, 0) is 129 Å². The molecule has 0 heterocycles. The Morgan fingerprint density at radius 3 is 1.61 bits per heavy atom. The van der Waals surface area contributed by atoms with Crippen molar-refractivity contribution in [1.82, 2.24) is 0 Å². The molecule has 0 saturated heterocycles. The fraction of sp³-hybridized carbons (Fsp3) is 0.190. The number of halogens is 5. The number of hydrogen-bond acceptors (Lipinski definition) is 7. The summed E-state index contributed by atoms with van der Waals surface area (Å²) in [5.74, 6) is -2.89. The Hall–Kier alpha value is -5.47. The Morgan fingerprint density at radius 2 is 1.12 bits per heavy atom. The highest BCUT2D eigenvalue weighted by molar-refractivity contribution is 7.91. The molecule has 290 valence electrons. The van der Waals surface area contributed by atoms with Crippen molar-refractivity contribution in [1.29, 1.82) is 0 Å². The first-order chi connectivity index (χ1) is 26.1. The van der Waals surface area contributed by atoms with Crippen molar-refractivity contribution >= 4 is 53.2 Å². The number of ether oxygens (including phenoxy) is 1. The average molecular weight is 809 g/mol. The van der Waals surface area contributed by atoms with E-state index in [1.807, 2.05) is 0 Å². The summed E-state index contributed by atoms with van der Waals surface area (Å²) in [4.78, 5) is 25.5. The lowest BCUT2D eigenvalue weighted by molar-refractivity contribution is -0.158. The zero-order valence-electron chi connectivity index (χ0n) is 30.1. The van der Waals surface area contributed by atoms with Gasteiger partial charge >= 0.3 is 18.1 Å². The summed E-state index contributed by atoms with van der Waals surface area (Å²) in [6.07, 6.45) is -3.83. The van der Waals surface area contributed by atoms with Crippen LogP contribution in [0.5, 0.6) is 0 Å². The maximum absolute atomic E-state index is 14.3. The largest absolute Gasteiger partial charge is 0.417 e. The lowest BCUT2D eigenvalue weighted by Crippen LogP contribution is -2.16. The van der Waals surface area contributed by atoms with E-state index in [0.717, 1.165) is 24.0 Å². The maximum Gasteiger partial charge on any atom is 0.417 e. The molecule has 7 nitrogen and oxygen atoms in total. The second-order valence-electron chi connectivity index (χ2n) is 13.8. The Balaban J connectivity index is 1.23. The standard InChI is InChI=1S/C42H33F5O7S2/c1-24-12-35(55(2,50)51)10-7-28(24)21-32-17-27(15-30-6-9-34(44)23-37(30)32)20-41(49)54-40(48)19-26-14-29-5-8-33(43)22-36(29)31(16-26)13-25-4-11-39(56(3,52)53)38(18-25)42(45,46)47/h4-12,14-18,22-23H,13,19-21H2,1-3H3. The first kappa shape index (κ1) is 40.2. The average Bonchev–Trinajstić information content (AvgIpc) is 3.08. The van der Waals surface area contributed by atoms with Crippen molar-refractivity contribution in [3.05, 3.63) is 153 Å². The fourth-order valence-corrected chi connectivity index (χ4v) is 8.33. The van der Waals surface area contributed by atoms with Gasteiger partial charge in [0.2, 0.25) is 0 Å². The number of fused-ring (bicyclic) bond motifs is 2. The summed E-state index contributed by atoms with van der Waals surface area (Å²) in [5, 5.41) is 2.02. The van der Waals surface area contributed by atoms with E-state index < -0.39 is 66.3 Å². The number of esters is 2. The summed E-state index contributed by atoms with van der Waals surface area (Å²) in [7, 11) is -7.65. The van der Waals surface area contributed by atoms with Gasteiger partial charge in [0, 0.05) is 12.5 Å². The topological polar surface area (TPSA) is 112 Å². The van der Waals surface area contributed by atoms with E-state index in [1.165, 1.54) is 48.5 Å². The lowest BCUT2D eigenvalue weighted by Gasteiger charge is -2.15. The van der Waals surface area contributed by atoms with Crippen LogP contribution in [0.25, 0.3) is 21.5 Å². The van der Waals surface area contributed by atoms with Crippen LogP contribution < -0.4 is 0 Å². The quantitative estimate of drug-likeness (QED) is 0.0776. The van der Waals surface area contributed by atoms with Crippen LogP contribution in [0.3, 0.4) is 0 Å². The molecule has 6 rings (SSSR count). The molecule has 0 radical (unpaired) electrons. The Morgan fingerprint density at radius 1 is 0.589 bits per heavy atom. The molecule has 0 aliphatic rings. The second-order valence-corrected chi connectivity index (χ2v) is 17.8. The van der Waals surface area contributed by atoms with Crippen molar-refractivity contribution < 1.29 is 53.1 Å². The van der Waals surface area contributed by atoms with Crippen LogP contribution in [0.4, 0.5) is 22.0 Å². The van der Waals surface area contributed by atoms with E-state index in [2.05, 4.69) is 0 Å². The third kappa shape index (κ3) is 9.31. The van der Waals surface area contributed by atoms with E-state index >= 15 is 0 Å². The minimum absolute atomic E-state index is 0.0868. The summed E-state index contributed by atoms with van der Waals surface area (Å²) >= 11 is 0. The molecular weight excluding hydrogens is 776 g/mol. The first-order valence-corrected chi connectivity index (χ1v) is 20.8. The zero-order valence-corrected chi connectivity index (χ0v) is 31.8. The third-order valence-electron chi connectivity index (χ3n) is 9.31. The van der Waals surface area contributed by atoms with Crippen LogP contribution >= 0.6 is 0 Å². The minimum Gasteiger partial charge on any atom is -0.393 e. The predicted molar refractivity (Wildman–Crippen MR) is 201 cm³/mol. The Labute approximate surface area is 319 Å².